The lowest BCUT2D eigenvalue weighted by Gasteiger charge is -2.21. The van der Waals surface area contributed by atoms with Gasteiger partial charge in [-0.3, -0.25) is 4.31 Å². The summed E-state index contributed by atoms with van der Waals surface area (Å²) < 4.78 is 19.5. The lowest BCUT2D eigenvalue weighted by molar-refractivity contribution is 0.413. The van der Waals surface area contributed by atoms with Gasteiger partial charge in [-0.2, -0.15) is 0 Å². The van der Waals surface area contributed by atoms with Gasteiger partial charge in [0, 0.05) is 0 Å². The van der Waals surface area contributed by atoms with Crippen molar-refractivity contribution < 1.29 is 8.95 Å². The van der Waals surface area contributed by atoms with Gasteiger partial charge in [0.15, 0.2) is 11.0 Å². The van der Waals surface area contributed by atoms with E-state index in [4.69, 9.17) is 62.7 Å². The SMILES string of the molecule is COc1ccc2c(c1)S(=O)N(c1c(Cl)c(Cl)c(Cl)c(Cl)c1Cl)C2. The molecule has 0 saturated carbocycles. The van der Waals surface area contributed by atoms with Gasteiger partial charge < -0.3 is 4.74 Å². The molecule has 0 bridgehead atoms. The van der Waals surface area contributed by atoms with Gasteiger partial charge >= 0.3 is 0 Å². The monoisotopic (exact) mass is 429 g/mol. The molecule has 0 spiro atoms. The van der Waals surface area contributed by atoms with E-state index in [1.807, 2.05) is 6.07 Å². The van der Waals surface area contributed by atoms with E-state index in [1.54, 1.807) is 19.2 Å². The second kappa shape index (κ2) is 6.51. The molecule has 1 aliphatic heterocycles. The number of hydrogen-bond acceptors (Lipinski definition) is 2. The van der Waals surface area contributed by atoms with Crippen molar-refractivity contribution in [3.8, 4) is 5.75 Å². The van der Waals surface area contributed by atoms with Crippen LogP contribution < -0.4 is 9.04 Å². The molecule has 0 aromatic heterocycles. The summed E-state index contributed by atoms with van der Waals surface area (Å²) in [5, 5.41) is 0.432. The summed E-state index contributed by atoms with van der Waals surface area (Å²) in [5.41, 5.74) is 1.17. The number of ether oxygens (including phenoxy) is 1. The first-order chi connectivity index (χ1) is 10.9. The van der Waals surface area contributed by atoms with Gasteiger partial charge in [-0.05, 0) is 17.7 Å². The summed E-state index contributed by atoms with van der Waals surface area (Å²) in [7, 11) is 0.0274. The number of rotatable bonds is 2. The zero-order valence-electron chi connectivity index (χ0n) is 11.5. The molecule has 9 heteroatoms. The molecule has 0 radical (unpaired) electrons. The van der Waals surface area contributed by atoms with E-state index < -0.39 is 11.0 Å². The van der Waals surface area contributed by atoms with Crippen LogP contribution in [0.4, 0.5) is 5.69 Å². The molecule has 1 aliphatic rings. The average molecular weight is 432 g/mol. The average Bonchev–Trinajstić information content (AvgIpc) is 2.87. The van der Waals surface area contributed by atoms with Crippen LogP contribution in [0.25, 0.3) is 0 Å². The Balaban J connectivity index is 2.14. The number of hydrogen-bond donors (Lipinski definition) is 0. The Morgan fingerprint density at radius 1 is 1.00 bits per heavy atom. The number of anilines is 1. The fourth-order valence-corrected chi connectivity index (χ4v) is 5.11. The van der Waals surface area contributed by atoms with Crippen molar-refractivity contribution in [1.29, 1.82) is 0 Å². The first kappa shape index (κ1) is 17.5. The third-order valence-electron chi connectivity index (χ3n) is 3.41. The van der Waals surface area contributed by atoms with Gasteiger partial charge in [-0.1, -0.05) is 64.1 Å². The molecule has 23 heavy (non-hydrogen) atoms. The van der Waals surface area contributed by atoms with E-state index >= 15 is 0 Å². The highest BCUT2D eigenvalue weighted by molar-refractivity contribution is 7.86. The Hall–Kier alpha value is -0.360. The lowest BCUT2D eigenvalue weighted by Crippen LogP contribution is -2.19. The smallest absolute Gasteiger partial charge is 0.153 e. The van der Waals surface area contributed by atoms with Crippen LogP contribution in [0, 0.1) is 0 Å². The van der Waals surface area contributed by atoms with E-state index in [9.17, 15) is 4.21 Å². The summed E-state index contributed by atoms with van der Waals surface area (Å²) in [6.45, 7) is 0.347. The number of benzene rings is 2. The Morgan fingerprint density at radius 3 is 2.13 bits per heavy atom. The molecule has 0 amide bonds. The van der Waals surface area contributed by atoms with Crippen molar-refractivity contribution in [2.75, 3.05) is 11.4 Å². The summed E-state index contributed by atoms with van der Waals surface area (Å²) in [6, 6.07) is 5.35. The highest BCUT2D eigenvalue weighted by Gasteiger charge is 2.33. The topological polar surface area (TPSA) is 29.5 Å². The third kappa shape index (κ3) is 2.80. The normalized spacial score (nSPS) is 16.6. The Labute approximate surface area is 160 Å². The first-order valence-electron chi connectivity index (χ1n) is 6.24. The fraction of sp³-hybridized carbons (Fsp3) is 0.143. The molecule has 0 N–H and O–H groups in total. The molecule has 0 aliphatic carbocycles. The van der Waals surface area contributed by atoms with E-state index in [0.29, 0.717) is 22.9 Å². The standard InChI is InChI=1S/C14H8Cl5NO2S/c1-22-7-3-2-6-5-20(23(21)8(6)4-7)14-12(18)10(16)9(15)11(17)13(14)19/h2-4H,5H2,1H3. The highest BCUT2D eigenvalue weighted by Crippen LogP contribution is 2.50. The number of fused-ring (bicyclic) bond motifs is 1. The van der Waals surface area contributed by atoms with Crippen LogP contribution in [0.2, 0.25) is 25.1 Å². The van der Waals surface area contributed by atoms with Crippen molar-refractivity contribution in [2.24, 2.45) is 0 Å². The predicted octanol–water partition coefficient (Wildman–Crippen LogP) is 6.01. The second-order valence-electron chi connectivity index (χ2n) is 4.68. The van der Waals surface area contributed by atoms with E-state index in [2.05, 4.69) is 0 Å². The quantitative estimate of drug-likeness (QED) is 0.431. The zero-order valence-corrected chi connectivity index (χ0v) is 16.1. The highest BCUT2D eigenvalue weighted by atomic mass is 35.5. The minimum absolute atomic E-state index is 0.0660. The molecular formula is C14H8Cl5NO2S. The maximum absolute atomic E-state index is 12.8. The lowest BCUT2D eigenvalue weighted by atomic mass is 10.2. The van der Waals surface area contributed by atoms with Crippen molar-refractivity contribution in [1.82, 2.24) is 0 Å². The Bertz CT molecular complexity index is 813. The van der Waals surface area contributed by atoms with Crippen LogP contribution >= 0.6 is 58.0 Å². The van der Waals surface area contributed by atoms with E-state index in [-0.39, 0.29) is 25.1 Å². The maximum Gasteiger partial charge on any atom is 0.153 e. The zero-order chi connectivity index (χ0) is 16.9. The molecule has 122 valence electrons. The van der Waals surface area contributed by atoms with E-state index in [0.717, 1.165) is 5.56 Å². The number of halogens is 5. The molecule has 3 nitrogen and oxygen atoms in total. The summed E-state index contributed by atoms with van der Waals surface area (Å²) in [5.74, 6) is 0.614. The first-order valence-corrected chi connectivity index (χ1v) is 9.24. The van der Waals surface area contributed by atoms with Crippen LogP contribution in [0.3, 0.4) is 0 Å². The van der Waals surface area contributed by atoms with Gasteiger partial charge in [0.1, 0.15) is 5.75 Å². The number of methoxy groups -OCH3 is 1. The number of nitrogens with zero attached hydrogens (tertiary/aromatic N) is 1. The van der Waals surface area contributed by atoms with Crippen LogP contribution in [0.1, 0.15) is 5.56 Å². The van der Waals surface area contributed by atoms with Gasteiger partial charge in [0.2, 0.25) is 0 Å². The van der Waals surface area contributed by atoms with E-state index in [1.165, 1.54) is 4.31 Å². The maximum atomic E-state index is 12.8. The Kier molecular flexibility index (Phi) is 4.94. The summed E-state index contributed by atoms with van der Waals surface area (Å²) in [6.07, 6.45) is 0. The van der Waals surface area contributed by atoms with Crippen molar-refractivity contribution in [3.05, 3.63) is 48.9 Å². The molecule has 0 saturated heterocycles. The molecule has 2 aromatic carbocycles. The van der Waals surface area contributed by atoms with Gasteiger partial charge in [-0.25, -0.2) is 4.21 Å². The van der Waals surface area contributed by atoms with Crippen LogP contribution in [0.15, 0.2) is 23.1 Å². The van der Waals surface area contributed by atoms with Gasteiger partial charge in [0.05, 0.1) is 49.4 Å². The van der Waals surface area contributed by atoms with Crippen molar-refractivity contribution >= 4 is 74.7 Å². The van der Waals surface area contributed by atoms with Crippen LogP contribution in [-0.4, -0.2) is 11.3 Å². The molecule has 1 atom stereocenters. The minimum Gasteiger partial charge on any atom is -0.497 e. The Morgan fingerprint density at radius 2 is 1.57 bits per heavy atom. The van der Waals surface area contributed by atoms with Gasteiger partial charge in [0.25, 0.3) is 0 Å². The fourth-order valence-electron chi connectivity index (χ4n) is 2.26. The molecular weight excluding hydrogens is 423 g/mol. The predicted molar refractivity (Wildman–Crippen MR) is 97.1 cm³/mol. The second-order valence-corrected chi connectivity index (χ2v) is 7.95. The molecule has 3 rings (SSSR count). The summed E-state index contributed by atoms with van der Waals surface area (Å²) >= 11 is 30.7. The molecule has 0 fully saturated rings. The van der Waals surface area contributed by atoms with Crippen molar-refractivity contribution in [3.63, 3.8) is 0 Å². The third-order valence-corrected chi connectivity index (χ3v) is 7.14. The summed E-state index contributed by atoms with van der Waals surface area (Å²) in [4.78, 5) is 0.624. The molecule has 2 aromatic rings. The van der Waals surface area contributed by atoms with Gasteiger partial charge in [-0.15, -0.1) is 0 Å². The van der Waals surface area contributed by atoms with Crippen molar-refractivity contribution in [2.45, 2.75) is 11.4 Å². The van der Waals surface area contributed by atoms with Crippen LogP contribution in [0.5, 0.6) is 5.75 Å². The minimum atomic E-state index is -1.52. The molecule has 1 heterocycles. The van der Waals surface area contributed by atoms with Crippen LogP contribution in [-0.2, 0) is 17.5 Å². The molecule has 1 unspecified atom stereocenters. The largest absolute Gasteiger partial charge is 0.497 e.